The fourth-order valence-corrected chi connectivity index (χ4v) is 4.75. The molecule has 0 radical (unpaired) electrons. The van der Waals surface area contributed by atoms with Crippen molar-refractivity contribution in [1.82, 2.24) is 19.6 Å². The van der Waals surface area contributed by atoms with Gasteiger partial charge in [-0.2, -0.15) is 0 Å². The molecule has 0 bridgehead atoms. The first-order chi connectivity index (χ1) is 20.2. The van der Waals surface area contributed by atoms with E-state index < -0.39 is 28.8 Å². The summed E-state index contributed by atoms with van der Waals surface area (Å²) < 4.78 is 16.7. The SMILES string of the molecule is C=CCC[C@@H](C(=O)O)N1CCN(CC(=O)OC(C)(C)C)CCN(CC(=O)OC(C)(C)C)CCN(CC(=O)OC(C)(C)C)CC1. The van der Waals surface area contributed by atoms with Crippen LogP contribution in [0.3, 0.4) is 0 Å². The summed E-state index contributed by atoms with van der Waals surface area (Å²) in [6.07, 6.45) is 2.63. The molecule has 1 saturated heterocycles. The molecular formula is C32H58N4O8. The van der Waals surface area contributed by atoms with Crippen LogP contribution in [0.5, 0.6) is 0 Å². The first-order valence-electron chi connectivity index (χ1n) is 15.6. The van der Waals surface area contributed by atoms with Gasteiger partial charge in [-0.1, -0.05) is 6.08 Å². The third-order valence-electron chi connectivity index (χ3n) is 6.56. The fourth-order valence-electron chi connectivity index (χ4n) is 4.75. The van der Waals surface area contributed by atoms with Gasteiger partial charge in [-0.15, -0.1) is 6.58 Å². The van der Waals surface area contributed by atoms with Crippen molar-refractivity contribution in [1.29, 1.82) is 0 Å². The third kappa shape index (κ3) is 18.3. The van der Waals surface area contributed by atoms with Crippen LogP contribution >= 0.6 is 0 Å². The minimum Gasteiger partial charge on any atom is -0.480 e. The molecule has 0 aromatic heterocycles. The highest BCUT2D eigenvalue weighted by atomic mass is 16.6. The Morgan fingerprint density at radius 2 is 0.932 bits per heavy atom. The van der Waals surface area contributed by atoms with Gasteiger partial charge in [0.2, 0.25) is 0 Å². The number of carbonyl (C=O) groups excluding carboxylic acids is 3. The Morgan fingerprint density at radius 1 is 0.636 bits per heavy atom. The van der Waals surface area contributed by atoms with Crippen molar-refractivity contribution in [2.75, 3.05) is 72.0 Å². The fraction of sp³-hybridized carbons (Fsp3) is 0.812. The molecule has 12 heteroatoms. The topological polar surface area (TPSA) is 129 Å². The summed E-state index contributed by atoms with van der Waals surface area (Å²) in [4.78, 5) is 58.5. The van der Waals surface area contributed by atoms with Gasteiger partial charge in [0.1, 0.15) is 22.8 Å². The van der Waals surface area contributed by atoms with Crippen LogP contribution in [0.1, 0.15) is 75.2 Å². The number of hydrogen-bond donors (Lipinski definition) is 1. The van der Waals surface area contributed by atoms with Crippen LogP contribution in [0.2, 0.25) is 0 Å². The van der Waals surface area contributed by atoms with Gasteiger partial charge in [0.15, 0.2) is 0 Å². The van der Waals surface area contributed by atoms with E-state index in [1.807, 2.05) is 81.9 Å². The Balaban J connectivity index is 3.32. The zero-order chi connectivity index (χ0) is 33.7. The molecule has 0 aliphatic carbocycles. The normalized spacial score (nSPS) is 18.4. The second-order valence-electron chi connectivity index (χ2n) is 14.3. The number of esters is 3. The van der Waals surface area contributed by atoms with Crippen molar-refractivity contribution in [3.05, 3.63) is 12.7 Å². The standard InChI is InChI=1S/C32H58N4O8/c1-11-12-13-25(29(40)41)36-20-18-34(23-27(38)43-31(5,6)7)16-14-33(22-26(37)42-30(2,3)4)15-17-35(19-21-36)24-28(39)44-32(8,9)10/h11,25H,1,12-24H2,2-10H3,(H,40,41)/t25-/m0/s1. The summed E-state index contributed by atoms with van der Waals surface area (Å²) in [7, 11) is 0. The van der Waals surface area contributed by atoms with Crippen LogP contribution < -0.4 is 0 Å². The molecule has 0 amide bonds. The highest BCUT2D eigenvalue weighted by Gasteiger charge is 2.29. The van der Waals surface area contributed by atoms with Crippen LogP contribution in [-0.4, -0.2) is 143 Å². The molecule has 12 nitrogen and oxygen atoms in total. The predicted molar refractivity (Wildman–Crippen MR) is 169 cm³/mol. The second-order valence-corrected chi connectivity index (χ2v) is 14.3. The van der Waals surface area contributed by atoms with Crippen LogP contribution in [0.15, 0.2) is 12.7 Å². The van der Waals surface area contributed by atoms with Crippen molar-refractivity contribution < 1.29 is 38.5 Å². The molecule has 0 aromatic rings. The average Bonchev–Trinajstić information content (AvgIpc) is 2.81. The van der Waals surface area contributed by atoms with E-state index >= 15 is 0 Å². The number of allylic oxidation sites excluding steroid dienone is 1. The van der Waals surface area contributed by atoms with Gasteiger partial charge < -0.3 is 19.3 Å². The summed E-state index contributed by atoms with van der Waals surface area (Å²) >= 11 is 0. The Kier molecular flexibility index (Phi) is 16.0. The summed E-state index contributed by atoms with van der Waals surface area (Å²) in [6, 6.07) is -0.758. The van der Waals surface area contributed by atoms with Gasteiger partial charge >= 0.3 is 23.9 Å². The number of carboxylic acids is 1. The molecule has 1 atom stereocenters. The minimum absolute atomic E-state index is 0.0283. The molecule has 1 heterocycles. The molecule has 44 heavy (non-hydrogen) atoms. The Hall–Kier alpha value is -2.54. The lowest BCUT2D eigenvalue weighted by Crippen LogP contribution is -2.52. The molecule has 1 aliphatic heterocycles. The minimum atomic E-state index is -0.931. The molecule has 1 fully saturated rings. The zero-order valence-corrected chi connectivity index (χ0v) is 28.6. The monoisotopic (exact) mass is 626 g/mol. The van der Waals surface area contributed by atoms with E-state index in [1.54, 1.807) is 6.08 Å². The molecule has 0 saturated carbocycles. The Labute approximate surface area is 264 Å². The van der Waals surface area contributed by atoms with E-state index in [1.165, 1.54) is 0 Å². The summed E-state index contributed by atoms with van der Waals surface area (Å²) in [5.41, 5.74) is -1.92. The number of carboxylic acid groups (broad SMARTS) is 1. The van der Waals surface area contributed by atoms with Crippen molar-refractivity contribution in [2.45, 2.75) is 98.0 Å². The number of hydrogen-bond acceptors (Lipinski definition) is 11. The lowest BCUT2D eigenvalue weighted by Gasteiger charge is -2.36. The van der Waals surface area contributed by atoms with Crippen molar-refractivity contribution >= 4 is 23.9 Å². The third-order valence-corrected chi connectivity index (χ3v) is 6.56. The van der Waals surface area contributed by atoms with E-state index in [9.17, 15) is 24.3 Å². The van der Waals surface area contributed by atoms with Crippen LogP contribution in [0.4, 0.5) is 0 Å². The maximum absolute atomic E-state index is 12.8. The van der Waals surface area contributed by atoms with E-state index in [0.29, 0.717) is 65.2 Å². The van der Waals surface area contributed by atoms with Gasteiger partial charge in [0.05, 0.1) is 19.6 Å². The van der Waals surface area contributed by atoms with Crippen LogP contribution in [0, 0.1) is 0 Å². The first-order valence-corrected chi connectivity index (χ1v) is 15.6. The van der Waals surface area contributed by atoms with Crippen molar-refractivity contribution in [3.63, 3.8) is 0 Å². The lowest BCUT2D eigenvalue weighted by molar-refractivity contribution is -0.158. The molecule has 0 spiro atoms. The molecule has 1 aliphatic rings. The average molecular weight is 627 g/mol. The number of rotatable bonds is 11. The maximum atomic E-state index is 12.8. The number of nitrogens with zero attached hydrogens (tertiary/aromatic N) is 4. The van der Waals surface area contributed by atoms with Gasteiger partial charge in [-0.25, -0.2) is 0 Å². The van der Waals surface area contributed by atoms with E-state index in [2.05, 4.69) is 6.58 Å². The Bertz CT molecular complexity index is 905. The van der Waals surface area contributed by atoms with E-state index in [-0.39, 0.29) is 37.5 Å². The smallest absolute Gasteiger partial charge is 0.320 e. The highest BCUT2D eigenvalue weighted by molar-refractivity contribution is 5.74. The Morgan fingerprint density at radius 3 is 1.18 bits per heavy atom. The molecular weight excluding hydrogens is 568 g/mol. The quantitative estimate of drug-likeness (QED) is 0.206. The molecule has 0 unspecified atom stereocenters. The van der Waals surface area contributed by atoms with Gasteiger partial charge in [0.25, 0.3) is 0 Å². The first kappa shape index (κ1) is 39.5. The maximum Gasteiger partial charge on any atom is 0.320 e. The molecule has 254 valence electrons. The highest BCUT2D eigenvalue weighted by Crippen LogP contribution is 2.14. The number of carbonyl (C=O) groups is 4. The molecule has 0 aromatic carbocycles. The van der Waals surface area contributed by atoms with Crippen molar-refractivity contribution in [2.24, 2.45) is 0 Å². The molecule has 1 N–H and O–H groups in total. The lowest BCUT2D eigenvalue weighted by atomic mass is 10.1. The van der Waals surface area contributed by atoms with E-state index in [4.69, 9.17) is 14.2 Å². The second kappa shape index (κ2) is 17.8. The summed E-state index contributed by atoms with van der Waals surface area (Å²) in [5.74, 6) is -2.04. The van der Waals surface area contributed by atoms with Crippen LogP contribution in [0.25, 0.3) is 0 Å². The molecule has 1 rings (SSSR count). The summed E-state index contributed by atoms with van der Waals surface area (Å²) in [5, 5.41) is 10.1. The predicted octanol–water partition coefficient (Wildman–Crippen LogP) is 2.65. The van der Waals surface area contributed by atoms with Crippen LogP contribution in [-0.2, 0) is 33.4 Å². The van der Waals surface area contributed by atoms with Gasteiger partial charge in [-0.05, 0) is 75.2 Å². The zero-order valence-electron chi connectivity index (χ0n) is 28.6. The summed E-state index contributed by atoms with van der Waals surface area (Å²) in [6.45, 7) is 23.5. The van der Waals surface area contributed by atoms with Gasteiger partial charge in [-0.3, -0.25) is 38.8 Å². The largest absolute Gasteiger partial charge is 0.480 e. The van der Waals surface area contributed by atoms with E-state index in [0.717, 1.165) is 0 Å². The van der Waals surface area contributed by atoms with Crippen molar-refractivity contribution in [3.8, 4) is 0 Å². The van der Waals surface area contributed by atoms with Gasteiger partial charge in [0, 0.05) is 52.4 Å². The number of ether oxygens (including phenoxy) is 3. The number of aliphatic carboxylic acids is 1.